The van der Waals surface area contributed by atoms with Gasteiger partial charge in [-0.2, -0.15) is 0 Å². The monoisotopic (exact) mass is 176 g/mol. The van der Waals surface area contributed by atoms with Gasteiger partial charge in [0, 0.05) is 6.61 Å². The fraction of sp³-hybridized carbons (Fsp3) is 0.571. The van der Waals surface area contributed by atoms with Crippen molar-refractivity contribution < 1.29 is 22.1 Å². The van der Waals surface area contributed by atoms with E-state index in [1.165, 1.54) is 0 Å². The molecule has 11 heavy (non-hydrogen) atoms. The molecule has 4 heteroatoms. The van der Waals surface area contributed by atoms with Crippen LogP contribution in [0.25, 0.3) is 0 Å². The van der Waals surface area contributed by atoms with Crippen molar-refractivity contribution in [1.82, 2.24) is 4.98 Å². The van der Waals surface area contributed by atoms with E-state index in [-0.39, 0.29) is 19.0 Å². The van der Waals surface area contributed by atoms with Gasteiger partial charge in [0.25, 0.3) is 5.82 Å². The van der Waals surface area contributed by atoms with Crippen molar-refractivity contribution >= 4 is 0 Å². The third-order valence-electron chi connectivity index (χ3n) is 1.55. The maximum absolute atomic E-state index is 8.53. The van der Waals surface area contributed by atoms with Gasteiger partial charge in [0.05, 0.1) is 13.5 Å². The molecule has 0 aliphatic rings. The van der Waals surface area contributed by atoms with Crippen LogP contribution in [-0.4, -0.2) is 16.7 Å². The number of aryl methyl sites for hydroxylation is 2. The van der Waals surface area contributed by atoms with Gasteiger partial charge in [0.2, 0.25) is 0 Å². The van der Waals surface area contributed by atoms with Gasteiger partial charge in [-0.15, -0.1) is 0 Å². The fourth-order valence-corrected chi connectivity index (χ4v) is 0.932. The number of aliphatic hydroxyl groups excluding tert-OH is 1. The maximum atomic E-state index is 8.53. The number of rotatable bonds is 3. The number of nitrogens with zero attached hydrogens (tertiary/aromatic N) is 1. The van der Waals surface area contributed by atoms with E-state index in [2.05, 4.69) is 4.98 Å². The molecule has 0 fully saturated rings. The second kappa shape index (κ2) is 5.16. The Hall–Kier alpha value is -0.540. The Morgan fingerprint density at radius 3 is 2.82 bits per heavy atom. The second-order valence-electron chi connectivity index (χ2n) is 2.34. The van der Waals surface area contributed by atoms with Crippen LogP contribution < -0.4 is 17.0 Å². The van der Waals surface area contributed by atoms with E-state index in [1.807, 2.05) is 24.0 Å². The highest BCUT2D eigenvalue weighted by molar-refractivity contribution is 4.76. The molecular formula is C7H13ClN2O. The van der Waals surface area contributed by atoms with E-state index in [0.717, 1.165) is 18.7 Å². The van der Waals surface area contributed by atoms with Gasteiger partial charge >= 0.3 is 0 Å². The average molecular weight is 177 g/mol. The first-order chi connectivity index (χ1) is 4.84. The Labute approximate surface area is 72.5 Å². The zero-order chi connectivity index (χ0) is 7.40. The van der Waals surface area contributed by atoms with E-state index >= 15 is 0 Å². The molecule has 1 rings (SSSR count). The minimum atomic E-state index is 0. The lowest BCUT2D eigenvalue weighted by Crippen LogP contribution is -3.00. The van der Waals surface area contributed by atoms with E-state index in [1.54, 1.807) is 0 Å². The molecule has 0 aliphatic carbocycles. The summed E-state index contributed by atoms with van der Waals surface area (Å²) in [5.41, 5.74) is 0. The van der Waals surface area contributed by atoms with Gasteiger partial charge in [-0.05, 0) is 6.42 Å². The molecule has 0 aliphatic heterocycles. The van der Waals surface area contributed by atoms with E-state index in [0.29, 0.717) is 0 Å². The molecule has 0 saturated carbocycles. The largest absolute Gasteiger partial charge is 1.00 e. The Kier molecular flexibility index (Phi) is 4.90. The van der Waals surface area contributed by atoms with Crippen molar-refractivity contribution in [1.29, 1.82) is 0 Å². The highest BCUT2D eigenvalue weighted by atomic mass is 35.5. The quantitative estimate of drug-likeness (QED) is 0.468. The van der Waals surface area contributed by atoms with Gasteiger partial charge in [0.15, 0.2) is 0 Å². The van der Waals surface area contributed by atoms with Crippen LogP contribution in [0.4, 0.5) is 0 Å². The summed E-state index contributed by atoms with van der Waals surface area (Å²) in [7, 11) is 1.99. The number of hydrogen-bond donors (Lipinski definition) is 2. The van der Waals surface area contributed by atoms with Crippen LogP contribution in [0.1, 0.15) is 12.2 Å². The van der Waals surface area contributed by atoms with Crippen molar-refractivity contribution in [2.24, 2.45) is 7.05 Å². The Morgan fingerprint density at radius 2 is 2.36 bits per heavy atom. The number of aliphatic hydroxyl groups is 1. The van der Waals surface area contributed by atoms with Gasteiger partial charge < -0.3 is 17.5 Å². The summed E-state index contributed by atoms with van der Waals surface area (Å²) in [5.74, 6) is 1.16. The summed E-state index contributed by atoms with van der Waals surface area (Å²) in [6.45, 7) is 0.263. The van der Waals surface area contributed by atoms with Crippen molar-refractivity contribution in [2.45, 2.75) is 12.8 Å². The average Bonchev–Trinajstić information content (AvgIpc) is 2.31. The summed E-state index contributed by atoms with van der Waals surface area (Å²) in [6, 6.07) is 0. The predicted octanol–water partition coefficient (Wildman–Crippen LogP) is -3.23. The molecule has 0 radical (unpaired) electrons. The summed E-state index contributed by atoms with van der Waals surface area (Å²) < 4.78 is 2.02. The lowest BCUT2D eigenvalue weighted by Gasteiger charge is -1.90. The molecule has 64 valence electrons. The highest BCUT2D eigenvalue weighted by Gasteiger charge is 2.03. The minimum absolute atomic E-state index is 0. The van der Waals surface area contributed by atoms with Crippen molar-refractivity contribution in [3.05, 3.63) is 18.2 Å². The SMILES string of the molecule is C[n+]1cc[nH]c1CCCO.[Cl-]. The molecule has 0 amide bonds. The van der Waals surface area contributed by atoms with Crippen molar-refractivity contribution in [2.75, 3.05) is 6.61 Å². The van der Waals surface area contributed by atoms with Gasteiger partial charge in [-0.1, -0.05) is 0 Å². The topological polar surface area (TPSA) is 39.9 Å². The van der Waals surface area contributed by atoms with Crippen molar-refractivity contribution in [3.8, 4) is 0 Å². The number of H-pyrrole nitrogens is 1. The van der Waals surface area contributed by atoms with Gasteiger partial charge in [-0.25, -0.2) is 9.55 Å². The molecule has 0 spiro atoms. The molecule has 1 aromatic heterocycles. The molecule has 0 unspecified atom stereocenters. The molecule has 1 heterocycles. The third kappa shape index (κ3) is 2.91. The number of nitrogens with one attached hydrogen (secondary N) is 1. The Bertz CT molecular complexity index is 200. The standard InChI is InChI=1S/C7H12N2O.ClH/c1-9-5-4-8-7(9)3-2-6-10;/h4-5,10H,2-3,6H2,1H3;1H. The summed E-state index contributed by atoms with van der Waals surface area (Å²) in [6.07, 6.45) is 5.60. The number of aromatic nitrogens is 2. The van der Waals surface area contributed by atoms with E-state index in [4.69, 9.17) is 5.11 Å². The fourth-order valence-electron chi connectivity index (χ4n) is 0.932. The van der Waals surface area contributed by atoms with Crippen LogP contribution in [-0.2, 0) is 13.5 Å². The summed E-state index contributed by atoms with van der Waals surface area (Å²) in [4.78, 5) is 3.09. The molecule has 0 bridgehead atoms. The molecular weight excluding hydrogens is 164 g/mol. The van der Waals surface area contributed by atoms with Crippen LogP contribution in [0.15, 0.2) is 12.4 Å². The third-order valence-corrected chi connectivity index (χ3v) is 1.55. The lowest BCUT2D eigenvalue weighted by atomic mass is 10.3. The highest BCUT2D eigenvalue weighted by Crippen LogP contribution is 1.90. The van der Waals surface area contributed by atoms with Crippen LogP contribution in [0.5, 0.6) is 0 Å². The van der Waals surface area contributed by atoms with E-state index < -0.39 is 0 Å². The Morgan fingerprint density at radius 1 is 1.64 bits per heavy atom. The molecule has 0 aromatic carbocycles. The normalized spacial score (nSPS) is 9.27. The second-order valence-corrected chi connectivity index (χ2v) is 2.34. The summed E-state index contributed by atoms with van der Waals surface area (Å²) >= 11 is 0. The van der Waals surface area contributed by atoms with Crippen LogP contribution in [0.2, 0.25) is 0 Å². The molecule has 0 atom stereocenters. The molecule has 2 N–H and O–H groups in total. The zero-order valence-electron chi connectivity index (χ0n) is 6.55. The predicted molar refractivity (Wildman–Crippen MR) is 37.4 cm³/mol. The van der Waals surface area contributed by atoms with Crippen LogP contribution in [0.3, 0.4) is 0 Å². The smallest absolute Gasteiger partial charge is 0.254 e. The Balaban J connectivity index is 0.000001000. The first-order valence-electron chi connectivity index (χ1n) is 3.47. The number of hydrogen-bond acceptors (Lipinski definition) is 1. The number of halogens is 1. The molecule has 0 saturated heterocycles. The molecule has 3 nitrogen and oxygen atoms in total. The first-order valence-corrected chi connectivity index (χ1v) is 3.47. The maximum Gasteiger partial charge on any atom is 0.254 e. The number of imidazole rings is 1. The van der Waals surface area contributed by atoms with E-state index in [9.17, 15) is 0 Å². The summed E-state index contributed by atoms with van der Waals surface area (Å²) in [5, 5.41) is 8.53. The van der Waals surface area contributed by atoms with Gasteiger partial charge in [-0.3, -0.25) is 0 Å². The van der Waals surface area contributed by atoms with Crippen molar-refractivity contribution in [3.63, 3.8) is 0 Å². The zero-order valence-corrected chi connectivity index (χ0v) is 7.30. The minimum Gasteiger partial charge on any atom is -1.00 e. The number of aromatic amines is 1. The van der Waals surface area contributed by atoms with Crippen LogP contribution in [0, 0.1) is 0 Å². The lowest BCUT2D eigenvalue weighted by molar-refractivity contribution is -0.677. The molecule has 1 aromatic rings. The van der Waals surface area contributed by atoms with Crippen LogP contribution >= 0.6 is 0 Å². The first kappa shape index (κ1) is 10.5. The van der Waals surface area contributed by atoms with Gasteiger partial charge in [0.1, 0.15) is 12.4 Å².